The van der Waals surface area contributed by atoms with E-state index in [0.717, 1.165) is 0 Å². The van der Waals surface area contributed by atoms with E-state index in [0.29, 0.717) is 0 Å². The van der Waals surface area contributed by atoms with E-state index in [-0.39, 0.29) is 2.85 Å². The second-order valence-corrected chi connectivity index (χ2v) is 5.20. The van der Waals surface area contributed by atoms with Crippen molar-refractivity contribution in [3.8, 4) is 22.3 Å². The zero-order valence-corrected chi connectivity index (χ0v) is 13.3. The fourth-order valence-electron chi connectivity index (χ4n) is 2.35. The highest BCUT2D eigenvalue weighted by atomic mass is 14.6. The van der Waals surface area contributed by atoms with Crippen molar-refractivity contribution >= 4 is 0 Å². The van der Waals surface area contributed by atoms with E-state index < -0.39 is 0 Å². The summed E-state index contributed by atoms with van der Waals surface area (Å²) in [5.74, 6) is 0. The van der Waals surface area contributed by atoms with Gasteiger partial charge in [-0.2, -0.15) is 0 Å². The van der Waals surface area contributed by atoms with Crippen LogP contribution < -0.4 is 0 Å². The van der Waals surface area contributed by atoms with Gasteiger partial charge >= 0.3 is 0 Å². The third kappa shape index (κ3) is 4.37. The van der Waals surface area contributed by atoms with Crippen molar-refractivity contribution in [3.05, 3.63) is 110 Å². The van der Waals surface area contributed by atoms with Gasteiger partial charge < -0.3 is 0 Å². The Morgan fingerprint density at radius 2 is 0.667 bits per heavy atom. The molecule has 0 amide bonds. The van der Waals surface area contributed by atoms with Crippen LogP contribution in [0.4, 0.5) is 0 Å². The van der Waals surface area contributed by atoms with Crippen molar-refractivity contribution in [2.24, 2.45) is 0 Å². The minimum absolute atomic E-state index is 0. The highest BCUT2D eigenvalue weighted by molar-refractivity contribution is 5.62. The fourth-order valence-corrected chi connectivity index (χ4v) is 2.35. The Kier molecular flexibility index (Phi) is 5.47. The van der Waals surface area contributed by atoms with Gasteiger partial charge in [0, 0.05) is 27.6 Å². The van der Waals surface area contributed by atoms with Crippen LogP contribution in [-0.2, 0) is 0 Å². The minimum Gasteiger partial charge on any atom is -0.265 e. The van der Waals surface area contributed by atoms with Gasteiger partial charge in [0.15, 0.2) is 0 Å². The molecule has 2 heterocycles. The predicted octanol–water partition coefficient (Wildman–Crippen LogP) is 5.99. The maximum absolute atomic E-state index is 3.97. The van der Waals surface area contributed by atoms with Gasteiger partial charge in [0.05, 0.1) is 0 Å². The number of aromatic nitrogens is 2. The zero-order chi connectivity index (χ0) is 16.5. The average molecular weight is 314 g/mol. The molecule has 0 radical (unpaired) electrons. The van der Waals surface area contributed by atoms with Gasteiger partial charge in [0.2, 0.25) is 0 Å². The number of rotatable bonds is 2. The summed E-state index contributed by atoms with van der Waals surface area (Å²) in [4.78, 5) is 7.94. The number of pyridine rings is 2. The van der Waals surface area contributed by atoms with Crippen LogP contribution in [0.5, 0.6) is 0 Å². The van der Waals surface area contributed by atoms with Crippen LogP contribution in [0.2, 0.25) is 0 Å². The summed E-state index contributed by atoms with van der Waals surface area (Å²) in [5, 5.41) is 0. The molecule has 2 heteroatoms. The molecule has 0 saturated carbocycles. The maximum Gasteiger partial charge on any atom is 0.0273 e. The molecule has 120 valence electrons. The normalized spacial score (nSPS) is 9.67. The molecule has 0 saturated heterocycles. The molecule has 0 fully saturated rings. The zero-order valence-electron chi connectivity index (χ0n) is 13.3. The molecule has 2 aromatic heterocycles. The third-order valence-electron chi connectivity index (χ3n) is 3.57. The van der Waals surface area contributed by atoms with Crippen LogP contribution in [0.25, 0.3) is 22.3 Å². The van der Waals surface area contributed by atoms with E-state index in [1.54, 1.807) is 0 Å². The molecular formula is C22H22N2. The van der Waals surface area contributed by atoms with E-state index >= 15 is 0 Å². The summed E-state index contributed by atoms with van der Waals surface area (Å²) in [7, 11) is 0. The summed E-state index contributed by atoms with van der Waals surface area (Å²) in [6, 6.07) is 28.6. The summed E-state index contributed by atoms with van der Waals surface area (Å²) in [6.07, 6.45) is 7.23. The monoisotopic (exact) mass is 314 g/mol. The third-order valence-corrected chi connectivity index (χ3v) is 3.57. The quantitative estimate of drug-likeness (QED) is 0.454. The van der Waals surface area contributed by atoms with Crippen molar-refractivity contribution in [2.45, 2.75) is 0 Å². The van der Waals surface area contributed by atoms with Gasteiger partial charge in [0.1, 0.15) is 0 Å². The van der Waals surface area contributed by atoms with Crippen LogP contribution in [0.1, 0.15) is 2.85 Å². The van der Waals surface area contributed by atoms with Crippen LogP contribution >= 0.6 is 0 Å². The van der Waals surface area contributed by atoms with E-state index in [1.165, 1.54) is 22.3 Å². The first kappa shape index (κ1) is 15.6. The van der Waals surface area contributed by atoms with E-state index in [2.05, 4.69) is 34.2 Å². The number of hydrogen-bond acceptors (Lipinski definition) is 2. The first-order valence-corrected chi connectivity index (χ1v) is 7.84. The highest BCUT2D eigenvalue weighted by Gasteiger charge is 1.93. The maximum atomic E-state index is 3.97. The number of benzene rings is 2. The minimum atomic E-state index is 0. The Morgan fingerprint density at radius 1 is 0.375 bits per heavy atom. The summed E-state index contributed by atoms with van der Waals surface area (Å²) in [6.45, 7) is 0. The molecule has 4 aromatic rings. The highest BCUT2D eigenvalue weighted by Crippen LogP contribution is 2.17. The Bertz CT molecular complexity index is 690. The standard InChI is InChI=1S/2C11H9N.2H2/c2*1-2-4-10(5-3-1)11-6-8-12-9-7-11;;/h2*1-9H;2*1H. The van der Waals surface area contributed by atoms with Crippen molar-refractivity contribution in [1.82, 2.24) is 9.97 Å². The van der Waals surface area contributed by atoms with Crippen LogP contribution in [-0.4, -0.2) is 9.97 Å². The lowest BCUT2D eigenvalue weighted by atomic mass is 10.1. The topological polar surface area (TPSA) is 25.8 Å². The van der Waals surface area contributed by atoms with E-state index in [1.807, 2.05) is 85.5 Å². The smallest absolute Gasteiger partial charge is 0.0273 e. The van der Waals surface area contributed by atoms with Crippen LogP contribution in [0.15, 0.2) is 110 Å². The second-order valence-electron chi connectivity index (χ2n) is 5.20. The molecule has 0 N–H and O–H groups in total. The molecule has 0 aliphatic heterocycles. The molecule has 0 spiro atoms. The lowest BCUT2D eigenvalue weighted by molar-refractivity contribution is 1.33. The molecule has 0 aliphatic rings. The first-order chi connectivity index (χ1) is 11.9. The number of nitrogens with zero attached hydrogens (tertiary/aromatic N) is 2. The van der Waals surface area contributed by atoms with Crippen molar-refractivity contribution < 1.29 is 2.85 Å². The predicted molar refractivity (Wildman–Crippen MR) is 104 cm³/mol. The Labute approximate surface area is 145 Å². The number of hydrogen-bond donors (Lipinski definition) is 0. The van der Waals surface area contributed by atoms with Gasteiger partial charge in [-0.15, -0.1) is 0 Å². The largest absolute Gasteiger partial charge is 0.265 e. The summed E-state index contributed by atoms with van der Waals surface area (Å²) < 4.78 is 0. The van der Waals surface area contributed by atoms with Gasteiger partial charge in [-0.1, -0.05) is 60.7 Å². The Hall–Kier alpha value is -3.26. The molecular weight excluding hydrogens is 292 g/mol. The van der Waals surface area contributed by atoms with E-state index in [4.69, 9.17) is 0 Å². The second kappa shape index (κ2) is 8.39. The lowest BCUT2D eigenvalue weighted by Gasteiger charge is -1.98. The molecule has 0 atom stereocenters. The molecule has 2 nitrogen and oxygen atoms in total. The summed E-state index contributed by atoms with van der Waals surface area (Å²) >= 11 is 0. The molecule has 0 aliphatic carbocycles. The molecule has 0 unspecified atom stereocenters. The molecule has 4 rings (SSSR count). The SMILES string of the molecule is [HH].[HH].c1ccc(-c2ccncc2)cc1.c1ccc(-c2ccncc2)cc1. The molecule has 24 heavy (non-hydrogen) atoms. The van der Waals surface area contributed by atoms with E-state index in [9.17, 15) is 0 Å². The first-order valence-electron chi connectivity index (χ1n) is 7.84. The van der Waals surface area contributed by atoms with Crippen LogP contribution in [0.3, 0.4) is 0 Å². The van der Waals surface area contributed by atoms with Crippen molar-refractivity contribution in [3.63, 3.8) is 0 Å². The van der Waals surface area contributed by atoms with Crippen molar-refractivity contribution in [2.75, 3.05) is 0 Å². The lowest BCUT2D eigenvalue weighted by Crippen LogP contribution is -1.76. The summed E-state index contributed by atoms with van der Waals surface area (Å²) in [5.41, 5.74) is 4.90. The Balaban J connectivity index is 0.000000241. The Morgan fingerprint density at radius 3 is 1.00 bits per heavy atom. The fraction of sp³-hybridized carbons (Fsp3) is 0. The molecule has 0 bridgehead atoms. The van der Waals surface area contributed by atoms with Gasteiger partial charge in [-0.3, -0.25) is 9.97 Å². The van der Waals surface area contributed by atoms with Crippen molar-refractivity contribution in [1.29, 1.82) is 0 Å². The molecule has 2 aromatic carbocycles. The van der Waals surface area contributed by atoms with Crippen LogP contribution in [0, 0.1) is 0 Å². The van der Waals surface area contributed by atoms with Gasteiger partial charge in [0.25, 0.3) is 0 Å². The average Bonchev–Trinajstić information content (AvgIpc) is 2.71. The van der Waals surface area contributed by atoms with Gasteiger partial charge in [-0.05, 0) is 46.5 Å². The van der Waals surface area contributed by atoms with Gasteiger partial charge in [-0.25, -0.2) is 0 Å².